The lowest BCUT2D eigenvalue weighted by Gasteiger charge is -2.27. The first-order valence-electron chi connectivity index (χ1n) is 6.27. The fourth-order valence-corrected chi connectivity index (χ4v) is 2.28. The number of carbonyl (C=O) groups excluding carboxylic acids is 1. The Morgan fingerprint density at radius 2 is 2.06 bits per heavy atom. The quantitative estimate of drug-likeness (QED) is 0.776. The Bertz CT molecular complexity index is 354. The van der Waals surface area contributed by atoms with Crippen LogP contribution in [0.15, 0.2) is 12.2 Å². The SMILES string of the molecule is C=C(C)CN(CC)C(=O)N1C[C@@H](C)[C@H](C(=O)O)C1. The third-order valence-electron chi connectivity index (χ3n) is 3.31. The van der Waals surface area contributed by atoms with E-state index in [1.54, 1.807) is 9.80 Å². The van der Waals surface area contributed by atoms with Crippen LogP contribution in [0.25, 0.3) is 0 Å². The molecule has 18 heavy (non-hydrogen) atoms. The molecule has 0 aromatic heterocycles. The maximum atomic E-state index is 12.2. The van der Waals surface area contributed by atoms with Gasteiger partial charge in [0.05, 0.1) is 5.92 Å². The largest absolute Gasteiger partial charge is 0.481 e. The lowest BCUT2D eigenvalue weighted by Crippen LogP contribution is -2.43. The van der Waals surface area contributed by atoms with Crippen molar-refractivity contribution in [2.24, 2.45) is 11.8 Å². The zero-order valence-electron chi connectivity index (χ0n) is 11.3. The number of rotatable bonds is 4. The molecule has 1 saturated heterocycles. The molecule has 0 bridgehead atoms. The van der Waals surface area contributed by atoms with Crippen LogP contribution in [0.2, 0.25) is 0 Å². The Morgan fingerprint density at radius 1 is 1.44 bits per heavy atom. The fraction of sp³-hybridized carbons (Fsp3) is 0.692. The monoisotopic (exact) mass is 254 g/mol. The molecule has 1 N–H and O–H groups in total. The summed E-state index contributed by atoms with van der Waals surface area (Å²) in [5.74, 6) is -1.26. The van der Waals surface area contributed by atoms with E-state index >= 15 is 0 Å². The highest BCUT2D eigenvalue weighted by molar-refractivity contribution is 5.78. The van der Waals surface area contributed by atoms with Crippen molar-refractivity contribution in [3.8, 4) is 0 Å². The minimum atomic E-state index is -0.819. The first kappa shape index (κ1) is 14.5. The van der Waals surface area contributed by atoms with Gasteiger partial charge in [-0.1, -0.05) is 19.1 Å². The summed E-state index contributed by atoms with van der Waals surface area (Å²) in [7, 11) is 0. The molecule has 1 aliphatic rings. The molecule has 5 nitrogen and oxygen atoms in total. The molecule has 0 aromatic rings. The van der Waals surface area contributed by atoms with Gasteiger partial charge in [0.15, 0.2) is 0 Å². The number of urea groups is 1. The molecule has 0 spiro atoms. The van der Waals surface area contributed by atoms with Crippen LogP contribution in [0.3, 0.4) is 0 Å². The van der Waals surface area contributed by atoms with Crippen molar-refractivity contribution in [3.63, 3.8) is 0 Å². The summed E-state index contributed by atoms with van der Waals surface area (Å²) in [4.78, 5) is 26.6. The van der Waals surface area contributed by atoms with Gasteiger partial charge in [-0.05, 0) is 19.8 Å². The molecule has 1 fully saturated rings. The van der Waals surface area contributed by atoms with Gasteiger partial charge in [-0.3, -0.25) is 4.79 Å². The van der Waals surface area contributed by atoms with Gasteiger partial charge >= 0.3 is 12.0 Å². The minimum Gasteiger partial charge on any atom is -0.481 e. The molecule has 0 aliphatic carbocycles. The molecule has 0 saturated carbocycles. The maximum Gasteiger partial charge on any atom is 0.320 e. The lowest BCUT2D eigenvalue weighted by molar-refractivity contribution is -0.142. The number of amides is 2. The minimum absolute atomic E-state index is 0.00924. The summed E-state index contributed by atoms with van der Waals surface area (Å²) in [6.45, 7) is 11.4. The molecule has 102 valence electrons. The summed E-state index contributed by atoms with van der Waals surface area (Å²) in [6, 6.07) is -0.0869. The lowest BCUT2D eigenvalue weighted by atomic mass is 9.99. The highest BCUT2D eigenvalue weighted by atomic mass is 16.4. The van der Waals surface area contributed by atoms with Gasteiger partial charge in [0, 0.05) is 26.2 Å². The van der Waals surface area contributed by atoms with Gasteiger partial charge in [-0.25, -0.2) is 4.79 Å². The van der Waals surface area contributed by atoms with E-state index in [0.717, 1.165) is 5.57 Å². The second-order valence-electron chi connectivity index (χ2n) is 5.08. The van der Waals surface area contributed by atoms with Crippen LogP contribution >= 0.6 is 0 Å². The molecule has 5 heteroatoms. The summed E-state index contributed by atoms with van der Waals surface area (Å²) < 4.78 is 0. The summed E-state index contributed by atoms with van der Waals surface area (Å²) in [5, 5.41) is 9.06. The molecule has 2 amide bonds. The third-order valence-corrected chi connectivity index (χ3v) is 3.31. The molecule has 0 aromatic carbocycles. The van der Waals surface area contributed by atoms with E-state index in [1.807, 2.05) is 20.8 Å². The Hall–Kier alpha value is -1.52. The van der Waals surface area contributed by atoms with E-state index in [2.05, 4.69) is 6.58 Å². The Kier molecular flexibility index (Phi) is 4.76. The number of nitrogens with zero attached hydrogens (tertiary/aromatic N) is 2. The number of hydrogen-bond acceptors (Lipinski definition) is 2. The van der Waals surface area contributed by atoms with E-state index < -0.39 is 11.9 Å². The Morgan fingerprint density at radius 3 is 2.44 bits per heavy atom. The molecule has 1 rings (SSSR count). The van der Waals surface area contributed by atoms with Crippen LogP contribution in [0.4, 0.5) is 4.79 Å². The van der Waals surface area contributed by atoms with Crippen LogP contribution in [0, 0.1) is 11.8 Å². The zero-order chi connectivity index (χ0) is 13.9. The molecular formula is C13H22N2O3. The predicted molar refractivity (Wildman–Crippen MR) is 69.3 cm³/mol. The Labute approximate surface area is 108 Å². The standard InChI is InChI=1S/C13H22N2O3/c1-5-14(6-9(2)3)13(18)15-7-10(4)11(8-15)12(16)17/h10-11H,2,5-8H2,1,3-4H3,(H,16,17)/t10-,11-/m1/s1. The van der Waals surface area contributed by atoms with Crippen molar-refractivity contribution in [3.05, 3.63) is 12.2 Å². The number of carbonyl (C=O) groups is 2. The van der Waals surface area contributed by atoms with Gasteiger partial charge in [0.25, 0.3) is 0 Å². The number of carboxylic acids is 1. The summed E-state index contributed by atoms with van der Waals surface area (Å²) in [5.41, 5.74) is 0.923. The summed E-state index contributed by atoms with van der Waals surface area (Å²) >= 11 is 0. The van der Waals surface area contributed by atoms with Crippen molar-refractivity contribution in [1.29, 1.82) is 0 Å². The smallest absolute Gasteiger partial charge is 0.320 e. The molecule has 1 heterocycles. The van der Waals surface area contributed by atoms with E-state index in [4.69, 9.17) is 5.11 Å². The molecule has 2 atom stereocenters. The number of aliphatic carboxylic acids is 1. The first-order chi connectivity index (χ1) is 8.36. The van der Waals surface area contributed by atoms with Gasteiger partial charge < -0.3 is 14.9 Å². The average molecular weight is 254 g/mol. The second kappa shape index (κ2) is 5.89. The van der Waals surface area contributed by atoms with E-state index in [0.29, 0.717) is 26.2 Å². The summed E-state index contributed by atoms with van der Waals surface area (Å²) in [6.07, 6.45) is 0. The normalized spacial score (nSPS) is 22.9. The Balaban J connectivity index is 2.68. The van der Waals surface area contributed by atoms with Crippen molar-refractivity contribution in [1.82, 2.24) is 9.80 Å². The van der Waals surface area contributed by atoms with Gasteiger partial charge in [0.1, 0.15) is 0 Å². The fourth-order valence-electron chi connectivity index (χ4n) is 2.28. The van der Waals surface area contributed by atoms with Crippen LogP contribution in [-0.4, -0.2) is 53.1 Å². The molecule has 0 radical (unpaired) electrons. The van der Waals surface area contributed by atoms with E-state index in [1.165, 1.54) is 0 Å². The topological polar surface area (TPSA) is 60.9 Å². The van der Waals surface area contributed by atoms with Crippen LogP contribution in [-0.2, 0) is 4.79 Å². The van der Waals surface area contributed by atoms with Crippen LogP contribution in [0.5, 0.6) is 0 Å². The van der Waals surface area contributed by atoms with Gasteiger partial charge in [-0.15, -0.1) is 0 Å². The number of hydrogen-bond donors (Lipinski definition) is 1. The molecule has 1 aliphatic heterocycles. The zero-order valence-corrected chi connectivity index (χ0v) is 11.3. The molecule has 0 unspecified atom stereocenters. The van der Waals surface area contributed by atoms with Crippen molar-refractivity contribution in [2.45, 2.75) is 20.8 Å². The van der Waals surface area contributed by atoms with Crippen LogP contribution in [0.1, 0.15) is 20.8 Å². The van der Waals surface area contributed by atoms with Crippen molar-refractivity contribution < 1.29 is 14.7 Å². The maximum absolute atomic E-state index is 12.2. The van der Waals surface area contributed by atoms with Gasteiger partial charge in [-0.2, -0.15) is 0 Å². The molecular weight excluding hydrogens is 232 g/mol. The van der Waals surface area contributed by atoms with Crippen LogP contribution < -0.4 is 0 Å². The first-order valence-corrected chi connectivity index (χ1v) is 6.27. The van der Waals surface area contributed by atoms with Crippen molar-refractivity contribution in [2.75, 3.05) is 26.2 Å². The number of likely N-dealkylation sites (N-methyl/N-ethyl adjacent to an activating group) is 1. The highest BCUT2D eigenvalue weighted by Gasteiger charge is 2.38. The highest BCUT2D eigenvalue weighted by Crippen LogP contribution is 2.24. The third kappa shape index (κ3) is 3.24. The van der Waals surface area contributed by atoms with Gasteiger partial charge in [0.2, 0.25) is 0 Å². The average Bonchev–Trinajstić information content (AvgIpc) is 2.67. The number of likely N-dealkylation sites (tertiary alicyclic amines) is 1. The number of carboxylic acid groups (broad SMARTS) is 1. The van der Waals surface area contributed by atoms with E-state index in [9.17, 15) is 9.59 Å². The predicted octanol–water partition coefficient (Wildman–Crippen LogP) is 1.66. The van der Waals surface area contributed by atoms with E-state index in [-0.39, 0.29) is 11.9 Å². The second-order valence-corrected chi connectivity index (χ2v) is 5.08. The van der Waals surface area contributed by atoms with Crippen molar-refractivity contribution >= 4 is 12.0 Å².